The van der Waals surface area contributed by atoms with E-state index in [4.69, 9.17) is 9.94 Å². The fourth-order valence-electron chi connectivity index (χ4n) is 2.32. The van der Waals surface area contributed by atoms with Gasteiger partial charge in [-0.1, -0.05) is 6.92 Å². The van der Waals surface area contributed by atoms with Crippen molar-refractivity contribution in [2.24, 2.45) is 11.2 Å². The Labute approximate surface area is 119 Å². The van der Waals surface area contributed by atoms with Crippen LogP contribution in [0.4, 0.5) is 0 Å². The lowest BCUT2D eigenvalue weighted by Gasteiger charge is -2.25. The zero-order chi connectivity index (χ0) is 15.3. The average Bonchev–Trinajstić information content (AvgIpc) is 2.80. The number of carboxylic acids is 1. The van der Waals surface area contributed by atoms with Gasteiger partial charge in [0.15, 0.2) is 0 Å². The molecular formula is C13H26N3O4+. The highest BCUT2D eigenvalue weighted by molar-refractivity contribution is 5.70. The molecule has 1 aliphatic carbocycles. The second-order valence-corrected chi connectivity index (χ2v) is 6.22. The second-order valence-electron chi connectivity index (χ2n) is 6.22. The normalized spacial score (nSPS) is 23.7. The molecule has 1 aliphatic rings. The number of aliphatic carboxylic acids is 1. The van der Waals surface area contributed by atoms with Gasteiger partial charge in [0.25, 0.3) is 10.2 Å². The number of nitrogens with zero attached hydrogens (tertiary/aromatic N) is 3. The lowest BCUT2D eigenvalue weighted by molar-refractivity contribution is -0.949. The molecule has 0 aromatic heterocycles. The van der Waals surface area contributed by atoms with Gasteiger partial charge in [-0.25, -0.2) is 5.21 Å². The number of hydrogen-bond donors (Lipinski definition) is 2. The predicted octanol–water partition coefficient (Wildman–Crippen LogP) is 2.45. The molecule has 0 saturated heterocycles. The molecule has 0 aromatic carbocycles. The Kier molecular flexibility index (Phi) is 5.59. The van der Waals surface area contributed by atoms with E-state index in [2.05, 4.69) is 5.28 Å². The van der Waals surface area contributed by atoms with Gasteiger partial charge >= 0.3 is 5.97 Å². The predicted molar refractivity (Wildman–Crippen MR) is 71.1 cm³/mol. The van der Waals surface area contributed by atoms with Crippen LogP contribution in [-0.4, -0.2) is 44.4 Å². The van der Waals surface area contributed by atoms with E-state index >= 15 is 0 Å². The molecular weight excluding hydrogens is 262 g/mol. The van der Waals surface area contributed by atoms with Crippen LogP contribution in [0.5, 0.6) is 0 Å². The van der Waals surface area contributed by atoms with Gasteiger partial charge in [0.1, 0.15) is 6.10 Å². The van der Waals surface area contributed by atoms with Crippen molar-refractivity contribution in [3.05, 3.63) is 0 Å². The maximum atomic E-state index is 10.9. The molecule has 2 N–H and O–H groups in total. The molecule has 2 atom stereocenters. The zero-order valence-corrected chi connectivity index (χ0v) is 12.7. The lowest BCUT2D eigenvalue weighted by Crippen LogP contribution is -2.47. The van der Waals surface area contributed by atoms with Crippen molar-refractivity contribution in [1.29, 1.82) is 0 Å². The summed E-state index contributed by atoms with van der Waals surface area (Å²) in [4.78, 5) is 16.9. The van der Waals surface area contributed by atoms with Crippen LogP contribution < -0.4 is 0 Å². The van der Waals surface area contributed by atoms with E-state index in [0.29, 0.717) is 25.8 Å². The van der Waals surface area contributed by atoms with Gasteiger partial charge in [-0.3, -0.25) is 4.79 Å². The molecule has 0 bridgehead atoms. The first-order valence-corrected chi connectivity index (χ1v) is 7.11. The van der Waals surface area contributed by atoms with E-state index in [9.17, 15) is 10.0 Å². The highest BCUT2D eigenvalue weighted by Crippen LogP contribution is 2.28. The van der Waals surface area contributed by atoms with Crippen molar-refractivity contribution in [2.45, 2.75) is 65.0 Å². The Balaban J connectivity index is 2.58. The average molecular weight is 288 g/mol. The minimum atomic E-state index is -0.792. The van der Waals surface area contributed by atoms with E-state index in [1.165, 1.54) is 0 Å². The van der Waals surface area contributed by atoms with Gasteiger partial charge in [-0.05, 0) is 40.0 Å². The van der Waals surface area contributed by atoms with Crippen LogP contribution in [-0.2, 0) is 9.63 Å². The minimum Gasteiger partial charge on any atom is -0.481 e. The van der Waals surface area contributed by atoms with Gasteiger partial charge in [-0.2, -0.15) is 0 Å². The molecule has 0 unspecified atom stereocenters. The Morgan fingerprint density at radius 2 is 2.10 bits per heavy atom. The van der Waals surface area contributed by atoms with Crippen LogP contribution in [0.1, 0.15) is 53.4 Å². The van der Waals surface area contributed by atoms with Crippen molar-refractivity contribution in [3.8, 4) is 0 Å². The summed E-state index contributed by atoms with van der Waals surface area (Å²) in [6.07, 6.45) is 2.31. The molecule has 7 heteroatoms. The number of rotatable bonds is 6. The first kappa shape index (κ1) is 16.5. The van der Waals surface area contributed by atoms with Gasteiger partial charge < -0.3 is 9.94 Å². The maximum Gasteiger partial charge on any atom is 0.306 e. The third kappa shape index (κ3) is 4.54. The van der Waals surface area contributed by atoms with E-state index in [-0.39, 0.29) is 17.6 Å². The fraction of sp³-hybridized carbons (Fsp3) is 0.923. The largest absolute Gasteiger partial charge is 0.481 e. The number of carboxylic acid groups (broad SMARTS) is 1. The molecule has 1 saturated carbocycles. The van der Waals surface area contributed by atoms with Crippen LogP contribution in [0, 0.1) is 5.92 Å². The second kappa shape index (κ2) is 6.76. The summed E-state index contributed by atoms with van der Waals surface area (Å²) in [5, 5.41) is 24.3. The van der Waals surface area contributed by atoms with Crippen LogP contribution in [0.25, 0.3) is 0 Å². The van der Waals surface area contributed by atoms with Gasteiger partial charge in [-0.15, -0.1) is 5.01 Å². The molecule has 7 nitrogen and oxygen atoms in total. The standard InChI is InChI=1S/C13H25N3O4/c1-5-8-15(13(2,3)4)16(19)14-20-11-7-6-10(9-11)12(17)18/h10-11H,5-9H2,1-4H3,(H-,14,17,18,19)/p+1/t10-,11-/m1/s1. The van der Waals surface area contributed by atoms with Gasteiger partial charge in [0, 0.05) is 6.42 Å². The fourth-order valence-corrected chi connectivity index (χ4v) is 2.32. The number of carbonyl (C=O) groups is 1. The summed E-state index contributed by atoms with van der Waals surface area (Å²) in [5.41, 5.74) is -0.281. The van der Waals surface area contributed by atoms with Crippen molar-refractivity contribution in [3.63, 3.8) is 0 Å². The van der Waals surface area contributed by atoms with E-state index in [1.54, 1.807) is 5.01 Å². The molecule has 1 rings (SSSR count). The van der Waals surface area contributed by atoms with Crippen LogP contribution in [0.2, 0.25) is 0 Å². The molecule has 0 aliphatic heterocycles. The van der Waals surface area contributed by atoms with Crippen LogP contribution >= 0.6 is 0 Å². The lowest BCUT2D eigenvalue weighted by atomic mass is 10.1. The summed E-state index contributed by atoms with van der Waals surface area (Å²) in [6.45, 7) is 8.57. The summed E-state index contributed by atoms with van der Waals surface area (Å²) in [7, 11) is 0. The molecule has 0 heterocycles. The molecule has 20 heavy (non-hydrogen) atoms. The maximum absolute atomic E-state index is 10.9. The summed E-state index contributed by atoms with van der Waals surface area (Å²) in [5.74, 6) is -1.16. The Morgan fingerprint density at radius 1 is 1.45 bits per heavy atom. The van der Waals surface area contributed by atoms with Crippen molar-refractivity contribution < 1.29 is 24.9 Å². The first-order chi connectivity index (χ1) is 9.25. The van der Waals surface area contributed by atoms with Crippen molar-refractivity contribution >= 4 is 5.97 Å². The summed E-state index contributed by atoms with van der Waals surface area (Å²) >= 11 is 0. The topological polar surface area (TPSA) is 85.4 Å². The van der Waals surface area contributed by atoms with Crippen molar-refractivity contribution in [2.75, 3.05) is 6.54 Å². The Morgan fingerprint density at radius 3 is 2.55 bits per heavy atom. The van der Waals surface area contributed by atoms with E-state index in [1.807, 2.05) is 27.7 Å². The Hall–Kier alpha value is -1.53. The molecule has 0 aromatic rings. The molecule has 0 amide bonds. The smallest absolute Gasteiger partial charge is 0.306 e. The Bertz CT molecular complexity index is 365. The van der Waals surface area contributed by atoms with E-state index < -0.39 is 5.97 Å². The van der Waals surface area contributed by atoms with Crippen molar-refractivity contribution in [1.82, 2.24) is 5.01 Å². The molecule has 0 radical (unpaired) electrons. The number of hydrogen-bond acceptors (Lipinski definition) is 3. The zero-order valence-electron chi connectivity index (χ0n) is 12.7. The number of hydrazine groups is 1. The highest BCUT2D eigenvalue weighted by Gasteiger charge is 2.34. The first-order valence-electron chi connectivity index (χ1n) is 7.11. The SMILES string of the molecule is CCCN(/[N+](O)=N/O[C@@H]1CC[C@@H](C(=O)O)C1)C(C)(C)C. The minimum absolute atomic E-state index is 0.241. The monoisotopic (exact) mass is 288 g/mol. The van der Waals surface area contributed by atoms with Gasteiger partial charge in [0.2, 0.25) is 0 Å². The third-order valence-corrected chi connectivity index (χ3v) is 3.43. The van der Waals surface area contributed by atoms with Crippen LogP contribution in [0.3, 0.4) is 0 Å². The highest BCUT2D eigenvalue weighted by atomic mass is 16.7. The van der Waals surface area contributed by atoms with E-state index in [0.717, 1.165) is 11.4 Å². The third-order valence-electron chi connectivity index (χ3n) is 3.43. The summed E-state index contributed by atoms with van der Waals surface area (Å²) < 4.78 is 0. The molecule has 1 fully saturated rings. The van der Waals surface area contributed by atoms with Crippen LogP contribution in [0.15, 0.2) is 5.28 Å². The quantitative estimate of drug-likeness (QED) is 0.445. The molecule has 116 valence electrons. The summed E-state index contributed by atoms with van der Waals surface area (Å²) in [6, 6.07) is 0. The van der Waals surface area contributed by atoms with Gasteiger partial charge in [0.05, 0.1) is 18.0 Å². The molecule has 0 spiro atoms.